The Morgan fingerprint density at radius 3 is 1.74 bits per heavy atom. The molecule has 0 bridgehead atoms. The Labute approximate surface area is 293 Å². The standard InChI is InChI=1S/C38H48N8O4/c1-23(2)34(44-38(49)50-5)37(48)46-19-7-9-32(46)36-41-21-30(43-36)28-16-12-26(13-17-28)25-10-14-27(15-11-25)29-20-40-35(42-29)31-8-6-18-45(31)33(47)22-39-24(3)4/h10-17,20-21,23-24,31-32,34,39H,6-9,18-19,22H2,1-5H3,(H,40,42)(H,41,43)(H,44,49). The maximum Gasteiger partial charge on any atom is 0.407 e. The summed E-state index contributed by atoms with van der Waals surface area (Å²) < 4.78 is 4.75. The lowest BCUT2D eigenvalue weighted by Crippen LogP contribution is -2.51. The first-order valence-electron chi connectivity index (χ1n) is 17.6. The van der Waals surface area contributed by atoms with Crippen molar-refractivity contribution in [3.8, 4) is 33.6 Å². The molecule has 264 valence electrons. The number of methoxy groups -OCH3 is 1. The molecule has 3 amide bonds. The van der Waals surface area contributed by atoms with Crippen molar-refractivity contribution in [1.82, 2.24) is 40.4 Å². The molecule has 3 unspecified atom stereocenters. The summed E-state index contributed by atoms with van der Waals surface area (Å²) in [7, 11) is 1.30. The lowest BCUT2D eigenvalue weighted by atomic mass is 10.0. The molecule has 12 heteroatoms. The van der Waals surface area contributed by atoms with Gasteiger partial charge in [0, 0.05) is 19.1 Å². The van der Waals surface area contributed by atoms with Crippen molar-refractivity contribution in [2.75, 3.05) is 26.7 Å². The number of rotatable bonds is 11. The molecule has 4 N–H and O–H groups in total. The molecule has 2 aliphatic heterocycles. The first-order chi connectivity index (χ1) is 24.1. The molecule has 50 heavy (non-hydrogen) atoms. The van der Waals surface area contributed by atoms with E-state index in [0.29, 0.717) is 13.1 Å². The van der Waals surface area contributed by atoms with Crippen molar-refractivity contribution in [2.45, 2.75) is 77.5 Å². The number of carbonyl (C=O) groups excluding carboxylic acids is 3. The summed E-state index contributed by atoms with van der Waals surface area (Å²) in [6.45, 7) is 9.60. The van der Waals surface area contributed by atoms with Gasteiger partial charge in [0.25, 0.3) is 0 Å². The topological polar surface area (TPSA) is 148 Å². The predicted octanol–water partition coefficient (Wildman–Crippen LogP) is 5.84. The van der Waals surface area contributed by atoms with Crippen LogP contribution in [-0.4, -0.2) is 86.5 Å². The summed E-state index contributed by atoms with van der Waals surface area (Å²) in [5.41, 5.74) is 6.02. The zero-order valence-electron chi connectivity index (χ0n) is 29.5. The van der Waals surface area contributed by atoms with Gasteiger partial charge in [-0.25, -0.2) is 14.8 Å². The predicted molar refractivity (Wildman–Crippen MR) is 192 cm³/mol. The Morgan fingerprint density at radius 1 is 0.780 bits per heavy atom. The molecular formula is C38H48N8O4. The number of ether oxygens (including phenoxy) is 1. The summed E-state index contributed by atoms with van der Waals surface area (Å²) in [5.74, 6) is 1.46. The Balaban J connectivity index is 1.10. The lowest BCUT2D eigenvalue weighted by molar-refractivity contribution is -0.135. The number of likely N-dealkylation sites (tertiary alicyclic amines) is 2. The van der Waals surface area contributed by atoms with Crippen LogP contribution in [0, 0.1) is 5.92 Å². The molecule has 4 aromatic rings. The first kappa shape index (κ1) is 34.9. The van der Waals surface area contributed by atoms with E-state index in [9.17, 15) is 14.4 Å². The zero-order chi connectivity index (χ0) is 35.4. The van der Waals surface area contributed by atoms with Crippen LogP contribution in [-0.2, 0) is 14.3 Å². The van der Waals surface area contributed by atoms with Gasteiger partial charge in [-0.1, -0.05) is 76.2 Å². The molecule has 2 aromatic heterocycles. The largest absolute Gasteiger partial charge is 0.453 e. The van der Waals surface area contributed by atoms with E-state index in [0.717, 1.165) is 77.5 Å². The van der Waals surface area contributed by atoms with E-state index in [1.165, 1.54) is 7.11 Å². The van der Waals surface area contributed by atoms with Gasteiger partial charge in [0.05, 0.1) is 49.5 Å². The number of benzene rings is 2. The Kier molecular flexibility index (Phi) is 10.7. The van der Waals surface area contributed by atoms with Gasteiger partial charge in [0.15, 0.2) is 0 Å². The molecule has 3 atom stereocenters. The van der Waals surface area contributed by atoms with E-state index >= 15 is 0 Å². The summed E-state index contributed by atoms with van der Waals surface area (Å²) in [5, 5.41) is 5.93. The average Bonchev–Trinajstić information content (AvgIpc) is 3.95. The van der Waals surface area contributed by atoms with Crippen LogP contribution >= 0.6 is 0 Å². The van der Waals surface area contributed by atoms with Crippen LogP contribution in [0.4, 0.5) is 4.79 Å². The monoisotopic (exact) mass is 680 g/mol. The smallest absolute Gasteiger partial charge is 0.407 e. The molecular weight excluding hydrogens is 632 g/mol. The molecule has 2 aliphatic rings. The van der Waals surface area contributed by atoms with E-state index in [1.807, 2.05) is 49.9 Å². The summed E-state index contributed by atoms with van der Waals surface area (Å²) in [4.78, 5) is 58.3. The number of hydrogen-bond donors (Lipinski definition) is 4. The highest BCUT2D eigenvalue weighted by molar-refractivity contribution is 5.86. The highest BCUT2D eigenvalue weighted by Crippen LogP contribution is 2.34. The Hall–Kier alpha value is -4.97. The van der Waals surface area contributed by atoms with Gasteiger partial charge in [-0.3, -0.25) is 9.59 Å². The third-order valence-electron chi connectivity index (χ3n) is 9.71. The minimum Gasteiger partial charge on any atom is -0.453 e. The number of carbonyl (C=O) groups is 3. The molecule has 2 saturated heterocycles. The van der Waals surface area contributed by atoms with Gasteiger partial charge in [-0.05, 0) is 53.9 Å². The van der Waals surface area contributed by atoms with E-state index in [2.05, 4.69) is 79.1 Å². The normalized spacial score (nSPS) is 18.2. The van der Waals surface area contributed by atoms with E-state index < -0.39 is 12.1 Å². The summed E-state index contributed by atoms with van der Waals surface area (Å²) in [6.07, 6.45) is 6.59. The van der Waals surface area contributed by atoms with Gasteiger partial charge in [-0.2, -0.15) is 0 Å². The van der Waals surface area contributed by atoms with Crippen molar-refractivity contribution in [1.29, 1.82) is 0 Å². The number of alkyl carbamates (subject to hydrolysis) is 1. The number of aromatic nitrogens is 4. The average molecular weight is 681 g/mol. The highest BCUT2D eigenvalue weighted by atomic mass is 16.5. The second-order valence-corrected chi connectivity index (χ2v) is 13.8. The van der Waals surface area contributed by atoms with Gasteiger partial charge >= 0.3 is 6.09 Å². The molecule has 2 aromatic carbocycles. The van der Waals surface area contributed by atoms with Crippen molar-refractivity contribution in [3.63, 3.8) is 0 Å². The maximum atomic E-state index is 13.5. The van der Waals surface area contributed by atoms with Crippen LogP contribution in [0.2, 0.25) is 0 Å². The fraction of sp³-hybridized carbons (Fsp3) is 0.447. The van der Waals surface area contributed by atoms with Gasteiger partial charge in [-0.15, -0.1) is 0 Å². The molecule has 0 radical (unpaired) electrons. The van der Waals surface area contributed by atoms with Crippen LogP contribution in [0.3, 0.4) is 0 Å². The SMILES string of the molecule is COC(=O)NC(C(=O)N1CCCC1c1ncc(-c2ccc(-c3ccc(-c4cnc(C5CCCN5C(=O)CNC(C)C)[nH]4)cc3)cc2)[nH]1)C(C)C. The third-order valence-corrected chi connectivity index (χ3v) is 9.71. The van der Waals surface area contributed by atoms with Gasteiger partial charge in [0.2, 0.25) is 11.8 Å². The second-order valence-electron chi connectivity index (χ2n) is 13.8. The quantitative estimate of drug-likeness (QED) is 0.156. The number of nitrogens with one attached hydrogen (secondary N) is 4. The molecule has 2 fully saturated rings. The second kappa shape index (κ2) is 15.3. The van der Waals surface area contributed by atoms with Crippen molar-refractivity contribution in [2.24, 2.45) is 5.92 Å². The van der Waals surface area contributed by atoms with Gasteiger partial charge in [0.1, 0.15) is 17.7 Å². The van der Waals surface area contributed by atoms with E-state index in [-0.39, 0.29) is 35.9 Å². The van der Waals surface area contributed by atoms with Crippen molar-refractivity contribution in [3.05, 3.63) is 72.6 Å². The molecule has 4 heterocycles. The fourth-order valence-corrected chi connectivity index (χ4v) is 6.93. The molecule has 12 nitrogen and oxygen atoms in total. The maximum absolute atomic E-state index is 13.5. The molecule has 0 saturated carbocycles. The van der Waals surface area contributed by atoms with Crippen LogP contribution < -0.4 is 10.6 Å². The number of amides is 3. The number of nitrogens with zero attached hydrogens (tertiary/aromatic N) is 4. The highest BCUT2D eigenvalue weighted by Gasteiger charge is 2.37. The molecule has 0 aliphatic carbocycles. The molecule has 6 rings (SSSR count). The van der Waals surface area contributed by atoms with E-state index in [4.69, 9.17) is 4.74 Å². The van der Waals surface area contributed by atoms with Crippen LogP contribution in [0.5, 0.6) is 0 Å². The minimum absolute atomic E-state index is 0.0267. The minimum atomic E-state index is -0.673. The summed E-state index contributed by atoms with van der Waals surface area (Å²) in [6, 6.07) is 16.1. The van der Waals surface area contributed by atoms with Gasteiger partial charge < -0.3 is 35.1 Å². The van der Waals surface area contributed by atoms with Crippen molar-refractivity contribution >= 4 is 17.9 Å². The zero-order valence-corrected chi connectivity index (χ0v) is 29.5. The van der Waals surface area contributed by atoms with Crippen LogP contribution in [0.25, 0.3) is 33.6 Å². The Morgan fingerprint density at radius 2 is 1.26 bits per heavy atom. The third kappa shape index (κ3) is 7.60. The molecule has 0 spiro atoms. The lowest BCUT2D eigenvalue weighted by Gasteiger charge is -2.30. The van der Waals surface area contributed by atoms with Crippen molar-refractivity contribution < 1.29 is 19.1 Å². The van der Waals surface area contributed by atoms with Crippen LogP contribution in [0.1, 0.15) is 77.1 Å². The summed E-state index contributed by atoms with van der Waals surface area (Å²) >= 11 is 0. The fourth-order valence-electron chi connectivity index (χ4n) is 6.93. The van der Waals surface area contributed by atoms with Crippen LogP contribution in [0.15, 0.2) is 60.9 Å². The number of hydrogen-bond acceptors (Lipinski definition) is 7. The Bertz CT molecular complexity index is 1780. The first-order valence-corrected chi connectivity index (χ1v) is 17.6. The number of aromatic amines is 2. The number of H-pyrrole nitrogens is 2. The van der Waals surface area contributed by atoms with E-state index in [1.54, 1.807) is 0 Å². The number of imidazole rings is 2.